The molecule has 2 aromatic heterocycles. The van der Waals surface area contributed by atoms with Crippen LogP contribution >= 0.6 is 23.2 Å². The minimum Gasteiger partial charge on any atom is -0.366 e. The van der Waals surface area contributed by atoms with Gasteiger partial charge in [0.25, 0.3) is 0 Å². The predicted molar refractivity (Wildman–Crippen MR) is 118 cm³/mol. The van der Waals surface area contributed by atoms with Gasteiger partial charge < -0.3 is 4.90 Å². The van der Waals surface area contributed by atoms with E-state index in [4.69, 9.17) is 23.2 Å². The van der Waals surface area contributed by atoms with Gasteiger partial charge in [-0.1, -0.05) is 23.2 Å². The molecule has 9 heteroatoms. The highest BCUT2D eigenvalue weighted by Crippen LogP contribution is 2.28. The average molecular weight is 445 g/mol. The van der Waals surface area contributed by atoms with Gasteiger partial charge in [-0.15, -0.1) is 0 Å². The van der Waals surface area contributed by atoms with Crippen molar-refractivity contribution in [1.29, 1.82) is 0 Å². The Labute approximate surface area is 185 Å². The lowest BCUT2D eigenvalue weighted by Crippen LogP contribution is -2.52. The number of hydrogen-bond acceptors (Lipinski definition) is 6. The summed E-state index contributed by atoms with van der Waals surface area (Å²) in [6, 6.07) is 7.64. The summed E-state index contributed by atoms with van der Waals surface area (Å²) in [6.07, 6.45) is 5.25. The summed E-state index contributed by atoms with van der Waals surface area (Å²) in [7, 11) is 0. The molecule has 4 rings (SSSR count). The van der Waals surface area contributed by atoms with Gasteiger partial charge in [0.05, 0.1) is 11.8 Å². The second-order valence-corrected chi connectivity index (χ2v) is 8.25. The molecule has 0 spiro atoms. The second-order valence-electron chi connectivity index (χ2n) is 7.37. The number of carbonyl (C=O) groups is 1. The van der Waals surface area contributed by atoms with E-state index in [1.54, 1.807) is 30.7 Å². The highest BCUT2D eigenvalue weighted by Gasteiger charge is 2.25. The van der Waals surface area contributed by atoms with Crippen LogP contribution < -0.4 is 4.90 Å². The zero-order valence-corrected chi connectivity index (χ0v) is 18.1. The first-order valence-electron chi connectivity index (χ1n) is 9.80. The summed E-state index contributed by atoms with van der Waals surface area (Å²) in [5, 5.41) is 8.13. The number of piperazine rings is 1. The fourth-order valence-corrected chi connectivity index (χ4v) is 4.33. The van der Waals surface area contributed by atoms with E-state index in [1.165, 1.54) is 0 Å². The van der Waals surface area contributed by atoms with Gasteiger partial charge >= 0.3 is 0 Å². The van der Waals surface area contributed by atoms with Gasteiger partial charge in [0.2, 0.25) is 0 Å². The van der Waals surface area contributed by atoms with Gasteiger partial charge in [0.15, 0.2) is 11.6 Å². The Morgan fingerprint density at radius 1 is 1.17 bits per heavy atom. The van der Waals surface area contributed by atoms with Crippen molar-refractivity contribution in [3.63, 3.8) is 0 Å². The molecular formula is C21H22Cl2N6O. The van der Waals surface area contributed by atoms with Gasteiger partial charge in [-0.05, 0) is 31.2 Å². The summed E-state index contributed by atoms with van der Waals surface area (Å²) in [6.45, 7) is 5.43. The van der Waals surface area contributed by atoms with Gasteiger partial charge in [0.1, 0.15) is 5.69 Å². The average Bonchev–Trinajstić information content (AvgIpc) is 3.22. The molecule has 3 aromatic rings. The Hall–Kier alpha value is -2.48. The highest BCUT2D eigenvalue weighted by atomic mass is 35.5. The molecule has 7 nitrogen and oxygen atoms in total. The number of benzene rings is 1. The van der Waals surface area contributed by atoms with Gasteiger partial charge in [0, 0.05) is 66.8 Å². The Morgan fingerprint density at radius 3 is 2.60 bits per heavy atom. The van der Waals surface area contributed by atoms with Crippen LogP contribution in [0.2, 0.25) is 10.0 Å². The molecule has 1 aliphatic heterocycles. The maximum absolute atomic E-state index is 12.8. The standard InChI is InChI=1S/C21H22Cl2N6O/c1-14-13-28(7-8-29(14)17-10-15(22)9-16(23)11-17)6-3-19(30)18-12-26-27-20(18)21-24-4-2-5-25-21/h2,4-5,9-12,14H,3,6-8,13H2,1H3,(H,26,27). The van der Waals surface area contributed by atoms with Crippen molar-refractivity contribution in [2.24, 2.45) is 0 Å². The summed E-state index contributed by atoms with van der Waals surface area (Å²) in [5.41, 5.74) is 2.12. The lowest BCUT2D eigenvalue weighted by Gasteiger charge is -2.41. The topological polar surface area (TPSA) is 78.0 Å². The molecule has 1 saturated heterocycles. The van der Waals surface area contributed by atoms with Crippen LogP contribution in [0.5, 0.6) is 0 Å². The van der Waals surface area contributed by atoms with Crippen LogP contribution in [0.25, 0.3) is 11.5 Å². The van der Waals surface area contributed by atoms with Gasteiger partial charge in [-0.3, -0.25) is 14.8 Å². The Kier molecular flexibility index (Phi) is 6.32. The number of aromatic amines is 1. The normalized spacial score (nSPS) is 17.3. The Morgan fingerprint density at radius 2 is 1.90 bits per heavy atom. The molecule has 0 aliphatic carbocycles. The largest absolute Gasteiger partial charge is 0.366 e. The van der Waals surface area contributed by atoms with Crippen LogP contribution in [0.15, 0.2) is 42.9 Å². The lowest BCUT2D eigenvalue weighted by atomic mass is 10.1. The molecule has 156 valence electrons. The van der Waals surface area contributed by atoms with Crippen LogP contribution in [0, 0.1) is 0 Å². The smallest absolute Gasteiger partial charge is 0.178 e. The maximum Gasteiger partial charge on any atom is 0.178 e. The first kappa shape index (κ1) is 20.8. The van der Waals surface area contributed by atoms with Crippen molar-refractivity contribution in [2.75, 3.05) is 31.1 Å². The van der Waals surface area contributed by atoms with E-state index in [-0.39, 0.29) is 11.8 Å². The fourth-order valence-electron chi connectivity index (χ4n) is 3.82. The SMILES string of the molecule is CC1CN(CCC(=O)c2cn[nH]c2-c2ncccn2)CCN1c1cc(Cl)cc(Cl)c1. The van der Waals surface area contributed by atoms with E-state index in [1.807, 2.05) is 12.1 Å². The molecule has 1 atom stereocenters. The summed E-state index contributed by atoms with van der Waals surface area (Å²) in [5.74, 6) is 0.503. The van der Waals surface area contributed by atoms with Gasteiger partial charge in [-0.25, -0.2) is 9.97 Å². The molecule has 1 fully saturated rings. The first-order chi connectivity index (χ1) is 14.5. The van der Waals surface area contributed by atoms with E-state index >= 15 is 0 Å². The third kappa shape index (κ3) is 4.64. The number of carbonyl (C=O) groups excluding carboxylic acids is 1. The minimum atomic E-state index is 0.0305. The van der Waals surface area contributed by atoms with Crippen molar-refractivity contribution < 1.29 is 4.79 Å². The fraction of sp³-hybridized carbons (Fsp3) is 0.333. The molecule has 0 bridgehead atoms. The number of hydrogen-bond donors (Lipinski definition) is 1. The van der Waals surface area contributed by atoms with E-state index in [2.05, 4.69) is 36.9 Å². The Balaban J connectivity index is 1.36. The molecule has 1 unspecified atom stereocenters. The summed E-state index contributed by atoms with van der Waals surface area (Å²) < 4.78 is 0. The van der Waals surface area contributed by atoms with Crippen molar-refractivity contribution in [3.8, 4) is 11.5 Å². The molecule has 0 amide bonds. The van der Waals surface area contributed by atoms with Crippen molar-refractivity contribution in [3.05, 3.63) is 58.5 Å². The number of ketones is 1. The number of aromatic nitrogens is 4. The number of nitrogens with zero attached hydrogens (tertiary/aromatic N) is 5. The molecule has 0 radical (unpaired) electrons. The molecule has 1 aromatic carbocycles. The zero-order chi connectivity index (χ0) is 21.1. The van der Waals surface area contributed by atoms with Crippen LogP contribution in [0.3, 0.4) is 0 Å². The number of anilines is 1. The van der Waals surface area contributed by atoms with E-state index in [0.29, 0.717) is 40.1 Å². The molecule has 1 aliphatic rings. The third-order valence-corrected chi connectivity index (χ3v) is 5.71. The van der Waals surface area contributed by atoms with E-state index < -0.39 is 0 Å². The molecule has 3 heterocycles. The zero-order valence-electron chi connectivity index (χ0n) is 16.6. The number of Topliss-reactive ketones (excluding diaryl/α,β-unsaturated/α-hetero) is 1. The third-order valence-electron chi connectivity index (χ3n) is 5.27. The van der Waals surface area contributed by atoms with E-state index in [0.717, 1.165) is 25.3 Å². The van der Waals surface area contributed by atoms with Crippen molar-refractivity contribution >= 4 is 34.7 Å². The van der Waals surface area contributed by atoms with Crippen molar-refractivity contribution in [1.82, 2.24) is 25.1 Å². The molecule has 30 heavy (non-hydrogen) atoms. The second kappa shape index (κ2) is 9.12. The first-order valence-corrected chi connectivity index (χ1v) is 10.6. The lowest BCUT2D eigenvalue weighted by molar-refractivity contribution is 0.0959. The molecule has 1 N–H and O–H groups in total. The summed E-state index contributed by atoms with van der Waals surface area (Å²) >= 11 is 12.3. The van der Waals surface area contributed by atoms with Crippen LogP contribution in [-0.4, -0.2) is 63.1 Å². The van der Waals surface area contributed by atoms with Crippen LogP contribution in [-0.2, 0) is 0 Å². The number of rotatable bonds is 6. The Bertz CT molecular complexity index is 1010. The van der Waals surface area contributed by atoms with Crippen LogP contribution in [0.1, 0.15) is 23.7 Å². The van der Waals surface area contributed by atoms with Gasteiger partial charge in [-0.2, -0.15) is 5.10 Å². The summed E-state index contributed by atoms with van der Waals surface area (Å²) in [4.78, 5) is 25.8. The number of halogens is 2. The number of nitrogens with one attached hydrogen (secondary N) is 1. The highest BCUT2D eigenvalue weighted by molar-refractivity contribution is 6.35. The predicted octanol–water partition coefficient (Wildman–Crippen LogP) is 3.96. The maximum atomic E-state index is 12.8. The molecular weight excluding hydrogens is 423 g/mol. The number of H-pyrrole nitrogens is 1. The monoisotopic (exact) mass is 444 g/mol. The van der Waals surface area contributed by atoms with Crippen LogP contribution in [0.4, 0.5) is 5.69 Å². The quantitative estimate of drug-likeness (QED) is 0.579. The van der Waals surface area contributed by atoms with Crippen molar-refractivity contribution in [2.45, 2.75) is 19.4 Å². The minimum absolute atomic E-state index is 0.0305. The molecule has 0 saturated carbocycles. The van der Waals surface area contributed by atoms with E-state index in [9.17, 15) is 4.79 Å².